The van der Waals surface area contributed by atoms with Gasteiger partial charge in [-0.15, -0.1) is 0 Å². The summed E-state index contributed by atoms with van der Waals surface area (Å²) in [5.74, 6) is 1.74. The Morgan fingerprint density at radius 1 is 1.33 bits per heavy atom. The van der Waals surface area contributed by atoms with Gasteiger partial charge in [0.1, 0.15) is 4.88 Å². The normalized spacial score (nSPS) is 22.6. The number of aromatic nitrogens is 1. The van der Waals surface area contributed by atoms with Crippen molar-refractivity contribution in [3.8, 4) is 11.5 Å². The van der Waals surface area contributed by atoms with Gasteiger partial charge in [0.05, 0.1) is 0 Å². The molecule has 1 amide bonds. The zero-order chi connectivity index (χ0) is 16.6. The summed E-state index contributed by atoms with van der Waals surface area (Å²) in [5.41, 5.74) is 1.31. The van der Waals surface area contributed by atoms with Crippen LogP contribution in [0.4, 0.5) is 0 Å². The lowest BCUT2D eigenvalue weighted by Crippen LogP contribution is -2.45. The topological polar surface area (TPSA) is 51.7 Å². The molecule has 1 fully saturated rings. The summed E-state index contributed by atoms with van der Waals surface area (Å²) >= 11 is 1.27. The van der Waals surface area contributed by atoms with E-state index in [4.69, 9.17) is 9.47 Å². The number of carbonyl (C=O) groups excluding carboxylic acids is 1. The number of benzene rings is 1. The fourth-order valence-corrected chi connectivity index (χ4v) is 4.22. The number of piperidine rings is 1. The van der Waals surface area contributed by atoms with Crippen LogP contribution in [0.1, 0.15) is 35.0 Å². The quantitative estimate of drug-likeness (QED) is 0.857. The van der Waals surface area contributed by atoms with Gasteiger partial charge in [-0.05, 0) is 60.0 Å². The lowest BCUT2D eigenvalue weighted by Gasteiger charge is -2.40. The first-order valence-electron chi connectivity index (χ1n) is 8.21. The molecule has 2 aliphatic rings. The van der Waals surface area contributed by atoms with Gasteiger partial charge in [-0.1, -0.05) is 13.0 Å². The summed E-state index contributed by atoms with van der Waals surface area (Å²) in [4.78, 5) is 15.3. The molecule has 0 saturated carbocycles. The number of hydrogen-bond acceptors (Lipinski definition) is 5. The molecule has 5 nitrogen and oxygen atoms in total. The number of fused-ring (bicyclic) bond motifs is 1. The summed E-state index contributed by atoms with van der Waals surface area (Å²) in [7, 11) is 0. The molecule has 1 aromatic carbocycles. The predicted octanol–water partition coefficient (Wildman–Crippen LogP) is 3.36. The van der Waals surface area contributed by atoms with Crippen LogP contribution in [0.15, 0.2) is 30.5 Å². The maximum Gasteiger partial charge on any atom is 0.265 e. The van der Waals surface area contributed by atoms with E-state index in [-0.39, 0.29) is 11.3 Å². The largest absolute Gasteiger partial charge is 0.454 e. The average Bonchev–Trinajstić information content (AvgIpc) is 3.25. The molecule has 24 heavy (non-hydrogen) atoms. The average molecular weight is 344 g/mol. The molecule has 0 unspecified atom stereocenters. The number of rotatable bonds is 3. The van der Waals surface area contributed by atoms with Crippen molar-refractivity contribution >= 4 is 17.4 Å². The first-order valence-corrected chi connectivity index (χ1v) is 8.99. The monoisotopic (exact) mass is 344 g/mol. The number of ether oxygens (including phenoxy) is 2. The van der Waals surface area contributed by atoms with E-state index in [0.717, 1.165) is 48.7 Å². The molecule has 4 rings (SSSR count). The van der Waals surface area contributed by atoms with E-state index in [1.807, 2.05) is 11.0 Å². The minimum Gasteiger partial charge on any atom is -0.454 e. The standard InChI is InChI=1S/C18H20N2O3S/c1-18(10-13-3-4-14-15(9-13)23-12-22-14)6-2-8-20(11-18)17(21)16-5-7-19-24-16/h3-5,7,9H,2,6,8,10-12H2,1H3/t18-/m1/s1. The Labute approximate surface area is 145 Å². The van der Waals surface area contributed by atoms with Crippen LogP contribution in [0.25, 0.3) is 0 Å². The van der Waals surface area contributed by atoms with Gasteiger partial charge < -0.3 is 14.4 Å². The molecule has 1 aromatic heterocycles. The number of nitrogens with zero attached hydrogens (tertiary/aromatic N) is 2. The van der Waals surface area contributed by atoms with Gasteiger partial charge in [0.2, 0.25) is 6.79 Å². The van der Waals surface area contributed by atoms with Crippen LogP contribution in [0, 0.1) is 5.41 Å². The Morgan fingerprint density at radius 2 is 2.21 bits per heavy atom. The van der Waals surface area contributed by atoms with Crippen molar-refractivity contribution in [1.82, 2.24) is 9.27 Å². The molecule has 0 spiro atoms. The van der Waals surface area contributed by atoms with Crippen LogP contribution in [0.3, 0.4) is 0 Å². The maximum atomic E-state index is 12.6. The minimum atomic E-state index is 0.0757. The Balaban J connectivity index is 1.49. The van der Waals surface area contributed by atoms with Crippen molar-refractivity contribution in [1.29, 1.82) is 0 Å². The highest BCUT2D eigenvalue weighted by atomic mass is 32.1. The first-order chi connectivity index (χ1) is 11.6. The Hall–Kier alpha value is -2.08. The molecule has 1 saturated heterocycles. The first kappa shape index (κ1) is 15.4. The molecule has 2 aromatic rings. The predicted molar refractivity (Wildman–Crippen MR) is 91.6 cm³/mol. The third kappa shape index (κ3) is 2.98. The van der Waals surface area contributed by atoms with Gasteiger partial charge in [-0.3, -0.25) is 4.79 Å². The van der Waals surface area contributed by atoms with Gasteiger partial charge in [0, 0.05) is 19.3 Å². The summed E-state index contributed by atoms with van der Waals surface area (Å²) in [5, 5.41) is 0. The minimum absolute atomic E-state index is 0.0757. The van der Waals surface area contributed by atoms with Gasteiger partial charge >= 0.3 is 0 Å². The Kier molecular flexibility index (Phi) is 3.92. The molecule has 0 aliphatic carbocycles. The van der Waals surface area contributed by atoms with Crippen LogP contribution < -0.4 is 9.47 Å². The highest BCUT2D eigenvalue weighted by Gasteiger charge is 2.34. The number of amides is 1. The van der Waals surface area contributed by atoms with Crippen molar-refractivity contribution in [2.45, 2.75) is 26.2 Å². The number of carbonyl (C=O) groups is 1. The summed E-state index contributed by atoms with van der Waals surface area (Å²) in [6.07, 6.45) is 4.77. The van der Waals surface area contributed by atoms with Crippen LogP contribution in [0.5, 0.6) is 11.5 Å². The lowest BCUT2D eigenvalue weighted by molar-refractivity contribution is 0.0555. The van der Waals surface area contributed by atoms with E-state index < -0.39 is 0 Å². The zero-order valence-electron chi connectivity index (χ0n) is 13.7. The third-order valence-electron chi connectivity index (χ3n) is 4.78. The van der Waals surface area contributed by atoms with Crippen molar-refractivity contribution in [3.05, 3.63) is 40.9 Å². The van der Waals surface area contributed by atoms with Gasteiger partial charge in [-0.25, -0.2) is 4.37 Å². The van der Waals surface area contributed by atoms with E-state index in [0.29, 0.717) is 6.79 Å². The molecule has 6 heteroatoms. The molecule has 3 heterocycles. The highest BCUT2D eigenvalue weighted by Crippen LogP contribution is 2.37. The fraction of sp³-hybridized carbons (Fsp3) is 0.444. The van der Waals surface area contributed by atoms with E-state index in [1.165, 1.54) is 17.1 Å². The second-order valence-electron chi connectivity index (χ2n) is 6.88. The second-order valence-corrected chi connectivity index (χ2v) is 7.72. The van der Waals surface area contributed by atoms with E-state index in [1.54, 1.807) is 12.3 Å². The molecular formula is C18H20N2O3S. The van der Waals surface area contributed by atoms with Crippen LogP contribution in [0.2, 0.25) is 0 Å². The Morgan fingerprint density at radius 3 is 3.04 bits per heavy atom. The third-order valence-corrected chi connectivity index (χ3v) is 5.52. The summed E-state index contributed by atoms with van der Waals surface area (Å²) in [6.45, 7) is 4.17. The second kappa shape index (κ2) is 6.09. The van der Waals surface area contributed by atoms with Crippen molar-refractivity contribution in [2.75, 3.05) is 19.9 Å². The van der Waals surface area contributed by atoms with E-state index in [2.05, 4.69) is 23.4 Å². The molecule has 126 valence electrons. The van der Waals surface area contributed by atoms with Crippen molar-refractivity contribution < 1.29 is 14.3 Å². The van der Waals surface area contributed by atoms with E-state index in [9.17, 15) is 4.79 Å². The smallest absolute Gasteiger partial charge is 0.265 e. The molecule has 0 bridgehead atoms. The number of hydrogen-bond donors (Lipinski definition) is 0. The molecule has 0 N–H and O–H groups in total. The molecule has 1 atom stereocenters. The SMILES string of the molecule is C[C@]1(Cc2ccc3c(c2)OCO3)CCCN(C(=O)c2ccns2)C1. The van der Waals surface area contributed by atoms with E-state index >= 15 is 0 Å². The van der Waals surface area contributed by atoms with Crippen molar-refractivity contribution in [3.63, 3.8) is 0 Å². The fourth-order valence-electron chi connectivity index (χ4n) is 3.66. The number of likely N-dealkylation sites (tertiary alicyclic amines) is 1. The van der Waals surface area contributed by atoms with Crippen LogP contribution in [-0.4, -0.2) is 35.1 Å². The van der Waals surface area contributed by atoms with Gasteiger partial charge in [0.25, 0.3) is 5.91 Å². The van der Waals surface area contributed by atoms with Crippen LogP contribution >= 0.6 is 11.5 Å². The molecule has 2 aliphatic heterocycles. The molecule has 0 radical (unpaired) electrons. The zero-order valence-corrected chi connectivity index (χ0v) is 14.5. The Bertz CT molecular complexity index is 747. The summed E-state index contributed by atoms with van der Waals surface area (Å²) in [6, 6.07) is 7.95. The van der Waals surface area contributed by atoms with Gasteiger partial charge in [-0.2, -0.15) is 0 Å². The van der Waals surface area contributed by atoms with Crippen LogP contribution in [-0.2, 0) is 6.42 Å². The summed E-state index contributed by atoms with van der Waals surface area (Å²) < 4.78 is 14.9. The lowest BCUT2D eigenvalue weighted by atomic mass is 9.77. The highest BCUT2D eigenvalue weighted by molar-refractivity contribution is 7.08. The molecular weight excluding hydrogens is 324 g/mol. The maximum absolute atomic E-state index is 12.6. The van der Waals surface area contributed by atoms with Crippen molar-refractivity contribution in [2.24, 2.45) is 5.41 Å². The van der Waals surface area contributed by atoms with Gasteiger partial charge in [0.15, 0.2) is 11.5 Å².